The molecule has 1 N–H and O–H groups in total. The Morgan fingerprint density at radius 2 is 1.32 bits per heavy atom. The van der Waals surface area contributed by atoms with Crippen molar-refractivity contribution in [3.63, 3.8) is 0 Å². The highest BCUT2D eigenvalue weighted by atomic mass is 127. The predicted molar refractivity (Wildman–Crippen MR) is 151 cm³/mol. The maximum Gasteiger partial charge on any atom is 0.330 e. The minimum atomic E-state index is -1.43. The second kappa shape index (κ2) is 17.7. The molecule has 0 bridgehead atoms. The first-order valence-electron chi connectivity index (χ1n) is 9.73. The van der Waals surface area contributed by atoms with E-state index in [1.807, 2.05) is 29.6 Å². The summed E-state index contributed by atoms with van der Waals surface area (Å²) in [5, 5.41) is 9.31. The second-order valence-corrected chi connectivity index (χ2v) is 19.9. The van der Waals surface area contributed by atoms with Gasteiger partial charge in [0, 0.05) is 18.6 Å². The maximum absolute atomic E-state index is 12.4. The molecule has 0 spiro atoms. The second-order valence-electron chi connectivity index (χ2n) is 7.11. The average molecular weight is 740 g/mol. The van der Waals surface area contributed by atoms with E-state index in [4.69, 9.17) is 18.9 Å². The van der Waals surface area contributed by atoms with Crippen LogP contribution in [0.3, 0.4) is 0 Å². The van der Waals surface area contributed by atoms with E-state index >= 15 is 0 Å². The van der Waals surface area contributed by atoms with Crippen LogP contribution in [0.4, 0.5) is 0 Å². The highest BCUT2D eigenvalue weighted by Crippen LogP contribution is 2.46. The lowest BCUT2D eigenvalue weighted by molar-refractivity contribution is -0.168. The number of esters is 4. The molecule has 0 aliphatic rings. The number of rotatable bonds is 17. The lowest BCUT2D eigenvalue weighted by atomic mass is 9.92. The average Bonchev–Trinajstić information content (AvgIpc) is 2.79. The lowest BCUT2D eigenvalue weighted by Gasteiger charge is -2.31. The van der Waals surface area contributed by atoms with Crippen molar-refractivity contribution in [1.29, 1.82) is 0 Å². The zero-order valence-electron chi connectivity index (χ0n) is 18.9. The molecule has 0 aliphatic carbocycles. The van der Waals surface area contributed by atoms with Gasteiger partial charge < -0.3 is 24.1 Å². The quantitative estimate of drug-likeness (QED) is 0.0583. The summed E-state index contributed by atoms with van der Waals surface area (Å²) in [6, 6.07) is 0. The van der Waals surface area contributed by atoms with E-state index in [-0.39, 0.29) is 24.9 Å². The van der Waals surface area contributed by atoms with Crippen molar-refractivity contribution in [3.05, 3.63) is 25.3 Å². The van der Waals surface area contributed by atoms with Crippen LogP contribution in [0.25, 0.3) is 0 Å². The van der Waals surface area contributed by atoms with Crippen LogP contribution in [0.2, 0.25) is 0 Å². The topological polar surface area (TPSA) is 142 Å². The van der Waals surface area contributed by atoms with Gasteiger partial charge in [-0.2, -0.15) is 0 Å². The normalized spacial score (nSPS) is 13.5. The minimum absolute atomic E-state index is 0.163. The van der Waals surface area contributed by atoms with Gasteiger partial charge in [-0.25, -0.2) is 9.59 Å². The van der Waals surface area contributed by atoms with E-state index < -0.39 is 66.2 Å². The van der Waals surface area contributed by atoms with E-state index in [0.717, 1.165) is 12.2 Å². The van der Waals surface area contributed by atoms with E-state index in [1.165, 1.54) is 0 Å². The molecule has 0 aliphatic heterocycles. The Morgan fingerprint density at radius 1 is 0.882 bits per heavy atom. The highest BCUT2D eigenvalue weighted by molar-refractivity contribution is 14.2. The molecule has 0 aromatic heterocycles. The molecule has 0 saturated heterocycles. The summed E-state index contributed by atoms with van der Waals surface area (Å²) in [5.41, 5.74) is -3.68. The fraction of sp³-hybridized carbons (Fsp3) is 0.500. The van der Waals surface area contributed by atoms with Gasteiger partial charge >= 0.3 is 29.8 Å². The summed E-state index contributed by atoms with van der Waals surface area (Å²) in [5.74, 6) is -4.01. The maximum atomic E-state index is 12.4. The summed E-state index contributed by atoms with van der Waals surface area (Å²) in [4.78, 5) is 59.3. The largest absolute Gasteiger partial charge is 0.481 e. The van der Waals surface area contributed by atoms with Gasteiger partial charge in [-0.05, 0) is 6.16 Å². The van der Waals surface area contributed by atoms with Crippen molar-refractivity contribution in [3.8, 4) is 0 Å². The first-order valence-corrected chi connectivity index (χ1v) is 19.1. The minimum Gasteiger partial charge on any atom is -0.481 e. The number of carbonyl (C=O) groups excluding carboxylic acids is 4. The summed E-state index contributed by atoms with van der Waals surface area (Å²) >= 11 is 4.20. The molecule has 0 saturated carbocycles. The van der Waals surface area contributed by atoms with Crippen molar-refractivity contribution in [1.82, 2.24) is 0 Å². The lowest BCUT2D eigenvalue weighted by Crippen LogP contribution is -2.44. The third-order valence-corrected chi connectivity index (χ3v) is 9.72. The fourth-order valence-electron chi connectivity index (χ4n) is 2.18. The Hall–Kier alpha value is -0.720. The monoisotopic (exact) mass is 740 g/mol. The van der Waals surface area contributed by atoms with Crippen LogP contribution in [0, 0.1) is 5.41 Å². The zero-order chi connectivity index (χ0) is 26.3. The van der Waals surface area contributed by atoms with E-state index in [9.17, 15) is 29.1 Å². The van der Waals surface area contributed by atoms with Crippen LogP contribution < -0.4 is 0 Å². The molecule has 10 nitrogen and oxygen atoms in total. The number of ether oxygens (including phenoxy) is 4. The molecule has 188 valence electrons. The first kappa shape index (κ1) is 33.3. The molecule has 3 unspecified atom stereocenters. The van der Waals surface area contributed by atoms with E-state index in [0.29, 0.717) is 6.16 Å². The molecule has 0 heterocycles. The van der Waals surface area contributed by atoms with Crippen molar-refractivity contribution < 1.29 is 48.0 Å². The van der Waals surface area contributed by atoms with Gasteiger partial charge in [0.25, 0.3) is 0 Å². The fourth-order valence-corrected chi connectivity index (χ4v) is 5.41. The van der Waals surface area contributed by atoms with Crippen molar-refractivity contribution >= 4 is 99.9 Å². The van der Waals surface area contributed by atoms with Gasteiger partial charge in [0.2, 0.25) is 0 Å². The van der Waals surface area contributed by atoms with Gasteiger partial charge in [-0.3, -0.25) is 14.4 Å². The number of aliphatic carboxylic acids is 1. The summed E-state index contributed by atoms with van der Waals surface area (Å²) < 4.78 is 20.8. The Bertz CT molecular complexity index is 743. The Labute approximate surface area is 228 Å². The number of carboxylic acids is 1. The number of carboxylic acid groups (broad SMARTS) is 1. The van der Waals surface area contributed by atoms with Crippen LogP contribution in [0.5, 0.6) is 0 Å². The summed E-state index contributed by atoms with van der Waals surface area (Å²) in [6.45, 7) is 4.92. The predicted octanol–water partition coefficient (Wildman–Crippen LogP) is 1.51. The summed E-state index contributed by atoms with van der Waals surface area (Å²) in [7, 11) is 3.71. The van der Waals surface area contributed by atoms with Gasteiger partial charge in [-0.1, -0.05) is 68.1 Å². The third kappa shape index (κ3) is 14.6. The van der Waals surface area contributed by atoms with Crippen LogP contribution in [-0.2, 0) is 42.9 Å². The number of halogens is 2. The van der Waals surface area contributed by atoms with E-state index in [2.05, 4.69) is 35.2 Å². The van der Waals surface area contributed by atoms with Crippen molar-refractivity contribution in [2.45, 2.75) is 18.5 Å². The number of hydrogen-bond acceptors (Lipinski definition) is 9. The molecule has 0 rings (SSSR count). The van der Waals surface area contributed by atoms with Crippen LogP contribution in [0.1, 0.15) is 12.8 Å². The van der Waals surface area contributed by atoms with E-state index in [1.54, 1.807) is 7.57 Å². The van der Waals surface area contributed by atoms with Crippen LogP contribution in [0.15, 0.2) is 25.3 Å². The van der Waals surface area contributed by atoms with Crippen molar-refractivity contribution in [2.24, 2.45) is 5.41 Å². The molecule has 0 amide bonds. The molecule has 16 heteroatoms. The Balaban J connectivity index is 5.61. The number of carbonyl (C=O) groups is 5. The Morgan fingerprint density at radius 3 is 1.71 bits per heavy atom. The molecule has 34 heavy (non-hydrogen) atoms. The van der Waals surface area contributed by atoms with Gasteiger partial charge in [-0.15, -0.1) is 0 Å². The molecule has 0 aromatic carbocycles. The smallest absolute Gasteiger partial charge is 0.330 e. The van der Waals surface area contributed by atoms with Gasteiger partial charge in [0.15, 0.2) is 0 Å². The van der Waals surface area contributed by atoms with Gasteiger partial charge in [0.1, 0.15) is 47.0 Å². The molecule has 0 fully saturated rings. The molecular weight excluding hydrogens is 714 g/mol. The van der Waals surface area contributed by atoms with Gasteiger partial charge in [0.05, 0.1) is 12.1 Å². The SMILES string of the molecule is BP(I)CCC(=O)OCC(COC(=O)C=C)(COC(=O)C=C)COC(=O)CC(C(=O)O)P(B)I. The standard InChI is InChI=1S/C18H26B2I2O10P2/c1-3-13(23)29-8-18(9-30-14(24)4-2,10-31-15(25)5-6-33(19)21)11-32-16(26)7-12(17(27)28)34(20)22/h3-4,12H,1-2,5-11,19-20H2,(H,27,28). The summed E-state index contributed by atoms with van der Waals surface area (Å²) in [6.07, 6.45) is 2.27. The molecular formula is C18H26B2I2O10P2. The van der Waals surface area contributed by atoms with Crippen LogP contribution >= 0.6 is 55.0 Å². The Kier molecular flexibility index (Phi) is 17.3. The molecule has 3 atom stereocenters. The highest BCUT2D eigenvalue weighted by Gasteiger charge is 2.38. The molecule has 0 radical (unpaired) electrons. The van der Waals surface area contributed by atoms with Crippen molar-refractivity contribution in [2.75, 3.05) is 32.6 Å². The third-order valence-electron chi connectivity index (χ3n) is 4.15. The number of hydrogen-bond donors (Lipinski definition) is 1. The zero-order valence-corrected chi connectivity index (χ0v) is 25.0. The van der Waals surface area contributed by atoms with Crippen LogP contribution in [-0.4, -0.2) is 88.3 Å². The molecule has 0 aromatic rings. The first-order chi connectivity index (χ1) is 15.9.